The summed E-state index contributed by atoms with van der Waals surface area (Å²) in [4.78, 5) is 0. The summed E-state index contributed by atoms with van der Waals surface area (Å²) in [6, 6.07) is 0. The minimum atomic E-state index is -4.00. The molecule has 0 saturated heterocycles. The first-order valence-corrected chi connectivity index (χ1v) is 8.28. The lowest BCUT2D eigenvalue weighted by Crippen LogP contribution is -2.13. The molecule has 0 spiro atoms. The molecule has 0 heterocycles. The van der Waals surface area contributed by atoms with Gasteiger partial charge in [-0.15, -0.1) is 0 Å². The predicted octanol–water partition coefficient (Wildman–Crippen LogP) is 0.801. The Labute approximate surface area is 96.9 Å². The lowest BCUT2D eigenvalue weighted by Gasteiger charge is -2.04. The van der Waals surface area contributed by atoms with Crippen LogP contribution in [0, 0.1) is 0 Å². The molecule has 0 aromatic rings. The molecule has 0 saturated carbocycles. The average Bonchev–Trinajstić information content (AvgIpc) is 2.11. The smallest absolute Gasteiger partial charge is 0.267 e. The molecule has 0 atom stereocenters. The third kappa shape index (κ3) is 10.3. The zero-order chi connectivity index (χ0) is 12.7. The van der Waals surface area contributed by atoms with Crippen molar-refractivity contribution in [3.63, 3.8) is 0 Å². The second-order valence-corrected chi connectivity index (χ2v) is 6.76. The fourth-order valence-electron chi connectivity index (χ4n) is 0.952. The van der Waals surface area contributed by atoms with Crippen LogP contribution in [0.15, 0.2) is 0 Å². The summed E-state index contributed by atoms with van der Waals surface area (Å²) in [5.41, 5.74) is 0. The van der Waals surface area contributed by atoms with Gasteiger partial charge in [0.05, 0.1) is 18.1 Å². The fraction of sp³-hybridized carbons (Fsp3) is 1.00. The zero-order valence-corrected chi connectivity index (χ0v) is 10.9. The molecule has 98 valence electrons. The Balaban J connectivity index is 3.75. The van der Waals surface area contributed by atoms with Crippen LogP contribution in [-0.2, 0) is 24.4 Å². The maximum atomic E-state index is 11.2. The van der Waals surface area contributed by atoms with Gasteiger partial charge in [-0.05, 0) is 19.3 Å². The van der Waals surface area contributed by atoms with Gasteiger partial charge >= 0.3 is 0 Å². The summed E-state index contributed by atoms with van der Waals surface area (Å²) < 4.78 is 56.1. The standard InChI is InChI=1S/C8H18O6S2/c1-2-3-6-14-16(12,13)8-5-4-7-15(9,10)11/h2-8H2,1H3,(H,9,10,11). The lowest BCUT2D eigenvalue weighted by molar-refractivity contribution is 0.310. The van der Waals surface area contributed by atoms with Crippen molar-refractivity contribution in [2.24, 2.45) is 0 Å². The van der Waals surface area contributed by atoms with Crippen LogP contribution in [0.5, 0.6) is 0 Å². The van der Waals surface area contributed by atoms with Crippen molar-refractivity contribution in [2.75, 3.05) is 18.1 Å². The molecule has 0 aliphatic carbocycles. The van der Waals surface area contributed by atoms with Gasteiger partial charge in [0.25, 0.3) is 20.2 Å². The van der Waals surface area contributed by atoms with Crippen molar-refractivity contribution in [3.8, 4) is 0 Å². The van der Waals surface area contributed by atoms with Gasteiger partial charge in [-0.25, -0.2) is 0 Å². The quantitative estimate of drug-likeness (QED) is 0.379. The maximum Gasteiger partial charge on any atom is 0.267 e. The van der Waals surface area contributed by atoms with Gasteiger partial charge < -0.3 is 0 Å². The summed E-state index contributed by atoms with van der Waals surface area (Å²) >= 11 is 0. The molecule has 0 unspecified atom stereocenters. The summed E-state index contributed by atoms with van der Waals surface area (Å²) in [6.07, 6.45) is 1.78. The Morgan fingerprint density at radius 3 is 2.06 bits per heavy atom. The van der Waals surface area contributed by atoms with Crippen LogP contribution in [0.4, 0.5) is 0 Å². The van der Waals surface area contributed by atoms with Crippen molar-refractivity contribution in [1.82, 2.24) is 0 Å². The molecule has 8 heteroatoms. The molecule has 0 rings (SSSR count). The van der Waals surface area contributed by atoms with E-state index in [-0.39, 0.29) is 25.2 Å². The Morgan fingerprint density at radius 2 is 1.56 bits per heavy atom. The minimum Gasteiger partial charge on any atom is -0.286 e. The molecule has 0 fully saturated rings. The Morgan fingerprint density at radius 1 is 1.00 bits per heavy atom. The van der Waals surface area contributed by atoms with Crippen LogP contribution < -0.4 is 0 Å². The Kier molecular flexibility index (Phi) is 7.12. The van der Waals surface area contributed by atoms with Gasteiger partial charge in [0.1, 0.15) is 0 Å². The molecule has 0 amide bonds. The summed E-state index contributed by atoms with van der Waals surface area (Å²) in [5, 5.41) is 0. The van der Waals surface area contributed by atoms with E-state index in [2.05, 4.69) is 4.18 Å². The molecular formula is C8H18O6S2. The molecule has 6 nitrogen and oxygen atoms in total. The van der Waals surface area contributed by atoms with Gasteiger partial charge in [-0.1, -0.05) is 13.3 Å². The van der Waals surface area contributed by atoms with Crippen molar-refractivity contribution < 1.29 is 25.6 Å². The van der Waals surface area contributed by atoms with E-state index in [1.54, 1.807) is 0 Å². The lowest BCUT2D eigenvalue weighted by atomic mass is 10.4. The van der Waals surface area contributed by atoms with E-state index in [1.165, 1.54) is 0 Å². The van der Waals surface area contributed by atoms with Gasteiger partial charge in [-0.3, -0.25) is 8.74 Å². The topological polar surface area (TPSA) is 97.7 Å². The fourth-order valence-corrected chi connectivity index (χ4v) is 2.57. The molecule has 0 aromatic heterocycles. The third-order valence-corrected chi connectivity index (χ3v) is 3.93. The first-order valence-electron chi connectivity index (χ1n) is 5.09. The number of unbranched alkanes of at least 4 members (excludes halogenated alkanes) is 2. The van der Waals surface area contributed by atoms with E-state index in [9.17, 15) is 16.8 Å². The average molecular weight is 274 g/mol. The van der Waals surface area contributed by atoms with Gasteiger partial charge in [0.2, 0.25) is 0 Å². The van der Waals surface area contributed by atoms with Crippen LogP contribution >= 0.6 is 0 Å². The highest BCUT2D eigenvalue weighted by Crippen LogP contribution is 2.02. The monoisotopic (exact) mass is 274 g/mol. The van der Waals surface area contributed by atoms with E-state index in [0.717, 1.165) is 6.42 Å². The number of hydrogen-bond donors (Lipinski definition) is 1. The van der Waals surface area contributed by atoms with Crippen LogP contribution in [0.1, 0.15) is 32.6 Å². The highest BCUT2D eigenvalue weighted by atomic mass is 32.2. The highest BCUT2D eigenvalue weighted by Gasteiger charge is 2.11. The molecular weight excluding hydrogens is 256 g/mol. The van der Waals surface area contributed by atoms with E-state index in [1.807, 2.05) is 6.92 Å². The second kappa shape index (κ2) is 7.21. The minimum absolute atomic E-state index is 0.106. The Bertz CT molecular complexity index is 369. The van der Waals surface area contributed by atoms with Gasteiger partial charge in [0, 0.05) is 0 Å². The molecule has 0 radical (unpaired) electrons. The first kappa shape index (κ1) is 15.8. The molecule has 0 bridgehead atoms. The maximum absolute atomic E-state index is 11.2. The van der Waals surface area contributed by atoms with Crippen molar-refractivity contribution in [1.29, 1.82) is 0 Å². The molecule has 1 N–H and O–H groups in total. The molecule has 0 aliphatic heterocycles. The third-order valence-electron chi connectivity index (χ3n) is 1.81. The first-order chi connectivity index (χ1) is 7.27. The Hall–Kier alpha value is -0.180. The molecule has 0 aromatic carbocycles. The van der Waals surface area contributed by atoms with Gasteiger partial charge in [-0.2, -0.15) is 16.8 Å². The van der Waals surface area contributed by atoms with Crippen LogP contribution in [-0.4, -0.2) is 39.5 Å². The van der Waals surface area contributed by atoms with Gasteiger partial charge in [0.15, 0.2) is 0 Å². The van der Waals surface area contributed by atoms with Crippen LogP contribution in [0.25, 0.3) is 0 Å². The predicted molar refractivity (Wildman–Crippen MR) is 60.3 cm³/mol. The van der Waals surface area contributed by atoms with Crippen molar-refractivity contribution in [2.45, 2.75) is 32.6 Å². The largest absolute Gasteiger partial charge is 0.286 e. The highest BCUT2D eigenvalue weighted by molar-refractivity contribution is 7.86. The van der Waals surface area contributed by atoms with E-state index < -0.39 is 26.0 Å². The van der Waals surface area contributed by atoms with Crippen molar-refractivity contribution in [3.05, 3.63) is 0 Å². The normalized spacial score (nSPS) is 12.9. The SMILES string of the molecule is CCCCOS(=O)(=O)CCCCS(=O)(=O)O. The van der Waals surface area contributed by atoms with Crippen LogP contribution in [0.2, 0.25) is 0 Å². The van der Waals surface area contributed by atoms with Crippen molar-refractivity contribution >= 4 is 20.2 Å². The second-order valence-electron chi connectivity index (χ2n) is 3.43. The van der Waals surface area contributed by atoms with E-state index in [0.29, 0.717) is 6.42 Å². The molecule has 0 aliphatic rings. The zero-order valence-electron chi connectivity index (χ0n) is 9.25. The number of hydrogen-bond acceptors (Lipinski definition) is 5. The number of rotatable bonds is 9. The van der Waals surface area contributed by atoms with E-state index in [4.69, 9.17) is 4.55 Å². The summed E-state index contributed by atoms with van der Waals surface area (Å²) in [5.74, 6) is -0.635. The molecule has 16 heavy (non-hydrogen) atoms. The van der Waals surface area contributed by atoms with E-state index >= 15 is 0 Å². The summed E-state index contributed by atoms with van der Waals surface area (Å²) in [6.45, 7) is 2.08. The van der Waals surface area contributed by atoms with Crippen LogP contribution in [0.3, 0.4) is 0 Å². The summed E-state index contributed by atoms with van der Waals surface area (Å²) in [7, 11) is -7.55.